The fraction of sp³-hybridized carbons (Fsp3) is 0.0588. The number of aromatic nitrogens is 1. The molecule has 0 saturated heterocycles. The molecule has 4 heteroatoms. The molecule has 1 aromatic heterocycles. The smallest absolute Gasteiger partial charge is 0.189 e. The molecule has 0 aliphatic heterocycles. The molecule has 0 bridgehead atoms. The van der Waals surface area contributed by atoms with Gasteiger partial charge in [0.25, 0.3) is 0 Å². The molecule has 0 radical (unpaired) electrons. The number of fused-ring (bicyclic) bond motifs is 1. The maximum atomic E-state index is 12.4. The van der Waals surface area contributed by atoms with Gasteiger partial charge in [0.05, 0.1) is 12.1 Å². The van der Waals surface area contributed by atoms with Crippen molar-refractivity contribution in [1.29, 1.82) is 0 Å². The molecule has 3 rings (SSSR count). The molecule has 0 saturated carbocycles. The summed E-state index contributed by atoms with van der Waals surface area (Å²) in [6, 6.07) is 16.3. The summed E-state index contributed by atoms with van der Waals surface area (Å²) in [5.41, 5.74) is 1.44. The number of carbonyl (C=O) groups is 1. The highest BCUT2D eigenvalue weighted by Gasteiger charge is 2.09. The minimum absolute atomic E-state index is 0.0245. The lowest BCUT2D eigenvalue weighted by Crippen LogP contribution is -2.14. The molecule has 21 heavy (non-hydrogen) atoms. The highest BCUT2D eigenvalue weighted by atomic mass is 127. The first-order chi connectivity index (χ1) is 10.1. The van der Waals surface area contributed by atoms with E-state index in [1.165, 1.54) is 6.07 Å². The molecule has 0 spiro atoms. The molecule has 3 aromatic rings. The number of hydrogen-bond acceptors (Lipinski definition) is 2. The van der Waals surface area contributed by atoms with Gasteiger partial charge in [-0.05, 0) is 46.9 Å². The normalized spacial score (nSPS) is 10.7. The van der Waals surface area contributed by atoms with Gasteiger partial charge in [0.15, 0.2) is 11.2 Å². The monoisotopic (exact) mass is 389 g/mol. The molecule has 0 amide bonds. The minimum Gasteiger partial charge on any atom is -0.339 e. The van der Waals surface area contributed by atoms with Gasteiger partial charge < -0.3 is 4.57 Å². The highest BCUT2D eigenvalue weighted by Crippen LogP contribution is 2.12. The van der Waals surface area contributed by atoms with Crippen LogP contribution in [0.5, 0.6) is 0 Å². The van der Waals surface area contributed by atoms with E-state index in [-0.39, 0.29) is 17.8 Å². The zero-order chi connectivity index (χ0) is 14.8. The van der Waals surface area contributed by atoms with Gasteiger partial charge in [-0.15, -0.1) is 0 Å². The molecule has 0 fully saturated rings. The first kappa shape index (κ1) is 14.0. The van der Waals surface area contributed by atoms with Crippen LogP contribution in [0, 0.1) is 3.57 Å². The molecule has 2 aromatic carbocycles. The predicted molar refractivity (Wildman–Crippen MR) is 91.7 cm³/mol. The van der Waals surface area contributed by atoms with E-state index < -0.39 is 0 Å². The fourth-order valence-corrected chi connectivity index (χ4v) is 2.64. The van der Waals surface area contributed by atoms with E-state index in [4.69, 9.17) is 0 Å². The highest BCUT2D eigenvalue weighted by molar-refractivity contribution is 14.1. The number of nitrogens with zero attached hydrogens (tertiary/aromatic N) is 1. The summed E-state index contributed by atoms with van der Waals surface area (Å²) in [4.78, 5) is 24.2. The molecule has 0 aliphatic rings. The van der Waals surface area contributed by atoms with Crippen LogP contribution in [0.25, 0.3) is 10.9 Å². The van der Waals surface area contributed by atoms with Crippen LogP contribution in [0.3, 0.4) is 0 Å². The van der Waals surface area contributed by atoms with E-state index >= 15 is 0 Å². The SMILES string of the molecule is O=C(Cn1ccc(=O)c2ccccc21)c1ccc(I)cc1. The number of halogens is 1. The lowest BCUT2D eigenvalue weighted by Gasteiger charge is -2.10. The number of ketones is 1. The first-order valence-electron chi connectivity index (χ1n) is 6.52. The molecular weight excluding hydrogens is 377 g/mol. The van der Waals surface area contributed by atoms with E-state index in [0.717, 1.165) is 9.09 Å². The van der Waals surface area contributed by atoms with Crippen molar-refractivity contribution in [2.45, 2.75) is 6.54 Å². The Kier molecular flexibility index (Phi) is 3.88. The summed E-state index contributed by atoms with van der Waals surface area (Å²) < 4.78 is 2.91. The topological polar surface area (TPSA) is 39.1 Å². The van der Waals surface area contributed by atoms with E-state index in [2.05, 4.69) is 22.6 Å². The van der Waals surface area contributed by atoms with Gasteiger partial charge in [0.1, 0.15) is 0 Å². The Bertz CT molecular complexity index is 866. The molecule has 3 nitrogen and oxygen atoms in total. The standard InChI is InChI=1S/C17H12INO2/c18-13-7-5-12(6-8-13)17(21)11-19-10-9-16(20)14-3-1-2-4-15(14)19/h1-10H,11H2. The van der Waals surface area contributed by atoms with Gasteiger partial charge in [-0.2, -0.15) is 0 Å². The van der Waals surface area contributed by atoms with Crippen LogP contribution in [-0.4, -0.2) is 10.4 Å². The second-order valence-corrected chi connectivity index (χ2v) is 6.00. The summed E-state index contributed by atoms with van der Waals surface area (Å²) in [6.07, 6.45) is 1.68. The van der Waals surface area contributed by atoms with Gasteiger partial charge in [-0.1, -0.05) is 24.3 Å². The second-order valence-electron chi connectivity index (χ2n) is 4.76. The average molecular weight is 389 g/mol. The number of para-hydroxylation sites is 1. The molecule has 104 valence electrons. The number of rotatable bonds is 3. The van der Waals surface area contributed by atoms with E-state index in [1.54, 1.807) is 12.3 Å². The third kappa shape index (κ3) is 2.90. The molecule has 0 atom stereocenters. The van der Waals surface area contributed by atoms with Crippen molar-refractivity contribution in [3.8, 4) is 0 Å². The lowest BCUT2D eigenvalue weighted by molar-refractivity contribution is 0.0973. The first-order valence-corrected chi connectivity index (χ1v) is 7.60. The van der Waals surface area contributed by atoms with Gasteiger partial charge in [0.2, 0.25) is 0 Å². The number of hydrogen-bond donors (Lipinski definition) is 0. The van der Waals surface area contributed by atoms with Gasteiger partial charge in [-0.25, -0.2) is 0 Å². The van der Waals surface area contributed by atoms with Crippen molar-refractivity contribution in [2.75, 3.05) is 0 Å². The maximum Gasteiger partial charge on any atom is 0.189 e. The van der Waals surface area contributed by atoms with Crippen molar-refractivity contribution >= 4 is 39.3 Å². The van der Waals surface area contributed by atoms with Crippen LogP contribution in [0.15, 0.2) is 65.6 Å². The summed E-state index contributed by atoms with van der Waals surface area (Å²) in [5, 5.41) is 0.635. The van der Waals surface area contributed by atoms with Crippen LogP contribution in [0.2, 0.25) is 0 Å². The summed E-state index contributed by atoms with van der Waals surface area (Å²) in [7, 11) is 0. The third-order valence-corrected chi connectivity index (χ3v) is 4.08. The van der Waals surface area contributed by atoms with Crippen molar-refractivity contribution in [3.63, 3.8) is 0 Å². The number of benzene rings is 2. The second kappa shape index (κ2) is 5.81. The van der Waals surface area contributed by atoms with Gasteiger partial charge in [0, 0.05) is 26.8 Å². The largest absolute Gasteiger partial charge is 0.339 e. The molecule has 1 heterocycles. The Morgan fingerprint density at radius 3 is 2.48 bits per heavy atom. The van der Waals surface area contributed by atoms with E-state index in [9.17, 15) is 9.59 Å². The fourth-order valence-electron chi connectivity index (χ4n) is 2.28. The molecular formula is C17H12INO2. The Morgan fingerprint density at radius 1 is 1.00 bits per heavy atom. The average Bonchev–Trinajstić information content (AvgIpc) is 2.51. The van der Waals surface area contributed by atoms with Crippen LogP contribution < -0.4 is 5.43 Å². The number of Topliss-reactive ketones (excluding diaryl/α,β-unsaturated/α-hetero) is 1. The van der Waals surface area contributed by atoms with Gasteiger partial charge >= 0.3 is 0 Å². The predicted octanol–water partition coefficient (Wildman–Crippen LogP) is 3.49. The van der Waals surface area contributed by atoms with Crippen molar-refractivity contribution in [2.24, 2.45) is 0 Å². The lowest BCUT2D eigenvalue weighted by atomic mass is 10.1. The quantitative estimate of drug-likeness (QED) is 0.508. The zero-order valence-corrected chi connectivity index (χ0v) is 13.3. The molecule has 0 unspecified atom stereocenters. The number of pyridine rings is 1. The Labute approximate surface area is 135 Å². The van der Waals surface area contributed by atoms with Gasteiger partial charge in [-0.3, -0.25) is 9.59 Å². The zero-order valence-electron chi connectivity index (χ0n) is 11.1. The van der Waals surface area contributed by atoms with E-state index in [1.807, 2.05) is 47.0 Å². The Morgan fingerprint density at radius 2 is 1.71 bits per heavy atom. The third-order valence-electron chi connectivity index (χ3n) is 3.36. The maximum absolute atomic E-state index is 12.4. The summed E-state index contributed by atoms with van der Waals surface area (Å²) >= 11 is 2.21. The van der Waals surface area contributed by atoms with Crippen LogP contribution >= 0.6 is 22.6 Å². The van der Waals surface area contributed by atoms with Crippen LogP contribution in [-0.2, 0) is 6.54 Å². The minimum atomic E-state index is -0.0245. The van der Waals surface area contributed by atoms with E-state index in [0.29, 0.717) is 10.9 Å². The van der Waals surface area contributed by atoms with Crippen molar-refractivity contribution in [3.05, 3.63) is 80.2 Å². The molecule has 0 aliphatic carbocycles. The van der Waals surface area contributed by atoms with Crippen LogP contribution in [0.4, 0.5) is 0 Å². The molecule has 0 N–H and O–H groups in total. The van der Waals surface area contributed by atoms with Crippen LogP contribution in [0.1, 0.15) is 10.4 Å². The summed E-state index contributed by atoms with van der Waals surface area (Å²) in [5.74, 6) is 0.0280. The Balaban J connectivity index is 1.99. The summed E-state index contributed by atoms with van der Waals surface area (Å²) in [6.45, 7) is 0.224. The number of carbonyl (C=O) groups excluding carboxylic acids is 1. The van der Waals surface area contributed by atoms with Crippen molar-refractivity contribution < 1.29 is 4.79 Å². The Hall–Kier alpha value is -1.95. The van der Waals surface area contributed by atoms with Crippen molar-refractivity contribution in [1.82, 2.24) is 4.57 Å².